The Morgan fingerprint density at radius 1 is 1.67 bits per heavy atom. The Morgan fingerprint density at radius 2 is 2.42 bits per heavy atom. The van der Waals surface area contributed by atoms with Crippen molar-refractivity contribution in [1.82, 2.24) is 0 Å². The number of hydrogen-bond donors (Lipinski definition) is 0. The Hall–Kier alpha value is -0.570. The predicted molar refractivity (Wildman–Crippen MR) is 44.8 cm³/mol. The molecule has 3 heteroatoms. The molecule has 0 radical (unpaired) electrons. The lowest BCUT2D eigenvalue weighted by Gasteiger charge is -2.28. The molecule has 1 fully saturated rings. The van der Waals surface area contributed by atoms with E-state index in [1.807, 2.05) is 0 Å². The van der Waals surface area contributed by atoms with E-state index in [1.54, 1.807) is 0 Å². The van der Waals surface area contributed by atoms with Crippen LogP contribution in [0.1, 0.15) is 33.1 Å². The van der Waals surface area contributed by atoms with Gasteiger partial charge in [-0.2, -0.15) is 0 Å². The second kappa shape index (κ2) is 4.45. The molecular formula is C9H16O3. The Kier molecular flexibility index (Phi) is 3.53. The molecule has 0 aromatic rings. The summed E-state index contributed by atoms with van der Waals surface area (Å²) in [6.07, 6.45) is 3.06. The van der Waals surface area contributed by atoms with Crippen molar-refractivity contribution in [2.75, 3.05) is 6.61 Å². The highest BCUT2D eigenvalue weighted by Gasteiger charge is 2.22. The van der Waals surface area contributed by atoms with Crippen LogP contribution in [0, 0.1) is 0 Å². The third kappa shape index (κ3) is 2.81. The lowest BCUT2D eigenvalue weighted by atomic mass is 10.0. The van der Waals surface area contributed by atoms with Crippen LogP contribution in [0.25, 0.3) is 0 Å². The number of carbonyl (C=O) groups is 1. The maximum absolute atomic E-state index is 10.6. The molecule has 2 unspecified atom stereocenters. The third-order valence-electron chi connectivity index (χ3n) is 2.11. The van der Waals surface area contributed by atoms with Crippen molar-refractivity contribution >= 4 is 5.97 Å². The highest BCUT2D eigenvalue weighted by atomic mass is 16.6. The van der Waals surface area contributed by atoms with Crippen molar-refractivity contribution in [3.8, 4) is 0 Å². The van der Waals surface area contributed by atoms with Gasteiger partial charge in [-0.3, -0.25) is 4.79 Å². The average molecular weight is 172 g/mol. The monoisotopic (exact) mass is 172 g/mol. The molecule has 3 nitrogen and oxygen atoms in total. The summed E-state index contributed by atoms with van der Waals surface area (Å²) in [7, 11) is 0. The minimum absolute atomic E-state index is 0.0844. The molecule has 12 heavy (non-hydrogen) atoms. The Labute approximate surface area is 73.0 Å². The first-order valence-electron chi connectivity index (χ1n) is 4.51. The van der Waals surface area contributed by atoms with E-state index in [1.165, 1.54) is 6.92 Å². The Balaban J connectivity index is 2.30. The van der Waals surface area contributed by atoms with E-state index in [0.717, 1.165) is 25.9 Å². The molecule has 0 amide bonds. The number of rotatable bonds is 2. The second-order valence-corrected chi connectivity index (χ2v) is 3.16. The van der Waals surface area contributed by atoms with Crippen molar-refractivity contribution in [3.63, 3.8) is 0 Å². The molecule has 0 aromatic heterocycles. The lowest BCUT2D eigenvalue weighted by molar-refractivity contribution is -0.153. The fraction of sp³-hybridized carbons (Fsp3) is 0.889. The predicted octanol–water partition coefficient (Wildman–Crippen LogP) is 1.51. The van der Waals surface area contributed by atoms with Gasteiger partial charge in [-0.05, 0) is 6.42 Å². The van der Waals surface area contributed by atoms with Gasteiger partial charge in [0.2, 0.25) is 0 Å². The molecule has 1 saturated heterocycles. The summed E-state index contributed by atoms with van der Waals surface area (Å²) in [5.74, 6) is -0.184. The van der Waals surface area contributed by atoms with Crippen LogP contribution >= 0.6 is 0 Å². The van der Waals surface area contributed by atoms with Crippen LogP contribution in [0.3, 0.4) is 0 Å². The van der Waals surface area contributed by atoms with Crippen LogP contribution in [-0.4, -0.2) is 24.8 Å². The zero-order valence-electron chi connectivity index (χ0n) is 7.71. The van der Waals surface area contributed by atoms with Crippen molar-refractivity contribution in [1.29, 1.82) is 0 Å². The van der Waals surface area contributed by atoms with Gasteiger partial charge in [0.05, 0.1) is 12.7 Å². The number of carbonyl (C=O) groups excluding carboxylic acids is 1. The van der Waals surface area contributed by atoms with E-state index in [0.29, 0.717) is 0 Å². The molecule has 1 aliphatic heterocycles. The summed E-state index contributed by atoms with van der Waals surface area (Å²) in [5.41, 5.74) is 0. The summed E-state index contributed by atoms with van der Waals surface area (Å²) < 4.78 is 10.6. The van der Waals surface area contributed by atoms with E-state index in [-0.39, 0.29) is 18.2 Å². The van der Waals surface area contributed by atoms with Gasteiger partial charge in [-0.15, -0.1) is 0 Å². The van der Waals surface area contributed by atoms with Gasteiger partial charge in [-0.25, -0.2) is 0 Å². The van der Waals surface area contributed by atoms with Gasteiger partial charge in [0.25, 0.3) is 0 Å². The van der Waals surface area contributed by atoms with E-state index in [2.05, 4.69) is 6.92 Å². The first kappa shape index (κ1) is 9.52. The Bertz CT molecular complexity index is 156. The molecule has 0 aliphatic carbocycles. The molecule has 0 N–H and O–H groups in total. The van der Waals surface area contributed by atoms with Gasteiger partial charge < -0.3 is 9.47 Å². The largest absolute Gasteiger partial charge is 0.462 e. The van der Waals surface area contributed by atoms with Crippen LogP contribution in [0.4, 0.5) is 0 Å². The Morgan fingerprint density at radius 3 is 3.00 bits per heavy atom. The van der Waals surface area contributed by atoms with Gasteiger partial charge in [0.1, 0.15) is 6.10 Å². The molecular weight excluding hydrogens is 156 g/mol. The first-order valence-corrected chi connectivity index (χ1v) is 4.51. The molecule has 0 bridgehead atoms. The topological polar surface area (TPSA) is 35.5 Å². The SMILES string of the molecule is CCC1CC(OC(C)=O)CCO1. The summed E-state index contributed by atoms with van der Waals surface area (Å²) in [5, 5.41) is 0. The zero-order chi connectivity index (χ0) is 8.97. The number of ether oxygens (including phenoxy) is 2. The van der Waals surface area contributed by atoms with Crippen molar-refractivity contribution in [2.45, 2.75) is 45.3 Å². The fourth-order valence-electron chi connectivity index (χ4n) is 1.47. The van der Waals surface area contributed by atoms with Gasteiger partial charge in [0.15, 0.2) is 0 Å². The highest BCUT2D eigenvalue weighted by Crippen LogP contribution is 2.18. The lowest BCUT2D eigenvalue weighted by Crippen LogP contribution is -2.31. The van der Waals surface area contributed by atoms with Crippen molar-refractivity contribution in [2.24, 2.45) is 0 Å². The van der Waals surface area contributed by atoms with Crippen LogP contribution in [0.2, 0.25) is 0 Å². The van der Waals surface area contributed by atoms with Gasteiger partial charge in [0, 0.05) is 19.8 Å². The van der Waals surface area contributed by atoms with E-state index >= 15 is 0 Å². The molecule has 2 atom stereocenters. The minimum Gasteiger partial charge on any atom is -0.462 e. The molecule has 1 rings (SSSR count). The van der Waals surface area contributed by atoms with E-state index in [4.69, 9.17) is 9.47 Å². The van der Waals surface area contributed by atoms with Crippen LogP contribution in [-0.2, 0) is 14.3 Å². The molecule has 1 heterocycles. The average Bonchev–Trinajstić information content (AvgIpc) is 2.03. The molecule has 1 aliphatic rings. The van der Waals surface area contributed by atoms with Crippen LogP contribution in [0.15, 0.2) is 0 Å². The maximum Gasteiger partial charge on any atom is 0.302 e. The molecule has 70 valence electrons. The van der Waals surface area contributed by atoms with E-state index in [9.17, 15) is 4.79 Å². The van der Waals surface area contributed by atoms with Crippen LogP contribution in [0.5, 0.6) is 0 Å². The first-order chi connectivity index (χ1) is 5.72. The number of esters is 1. The normalized spacial score (nSPS) is 29.8. The van der Waals surface area contributed by atoms with Gasteiger partial charge in [-0.1, -0.05) is 6.92 Å². The van der Waals surface area contributed by atoms with Crippen LogP contribution < -0.4 is 0 Å². The standard InChI is InChI=1S/C9H16O3/c1-3-8-6-9(4-5-11-8)12-7(2)10/h8-9H,3-6H2,1-2H3. The highest BCUT2D eigenvalue weighted by molar-refractivity contribution is 5.66. The van der Waals surface area contributed by atoms with Gasteiger partial charge >= 0.3 is 5.97 Å². The molecule has 0 aromatic carbocycles. The summed E-state index contributed by atoms with van der Waals surface area (Å²) in [4.78, 5) is 10.6. The van der Waals surface area contributed by atoms with Crippen molar-refractivity contribution in [3.05, 3.63) is 0 Å². The summed E-state index contributed by atoms with van der Waals surface area (Å²) in [6.45, 7) is 4.26. The zero-order valence-corrected chi connectivity index (χ0v) is 7.71. The molecule has 0 saturated carbocycles. The third-order valence-corrected chi connectivity index (χ3v) is 2.11. The molecule has 0 spiro atoms. The van der Waals surface area contributed by atoms with Crippen molar-refractivity contribution < 1.29 is 14.3 Å². The minimum atomic E-state index is -0.184. The summed E-state index contributed by atoms with van der Waals surface area (Å²) >= 11 is 0. The maximum atomic E-state index is 10.6. The smallest absolute Gasteiger partial charge is 0.302 e. The summed E-state index contributed by atoms with van der Waals surface area (Å²) in [6, 6.07) is 0. The number of hydrogen-bond acceptors (Lipinski definition) is 3. The second-order valence-electron chi connectivity index (χ2n) is 3.16. The quantitative estimate of drug-likeness (QED) is 0.592. The van der Waals surface area contributed by atoms with E-state index < -0.39 is 0 Å². The fourth-order valence-corrected chi connectivity index (χ4v) is 1.47.